The number of hydrogen-bond donors (Lipinski definition) is 1. The van der Waals surface area contributed by atoms with Crippen molar-refractivity contribution in [2.75, 3.05) is 0 Å². The van der Waals surface area contributed by atoms with Crippen LogP contribution in [0.25, 0.3) is 22.5 Å². The van der Waals surface area contributed by atoms with Gasteiger partial charge in [0.1, 0.15) is 0 Å². The van der Waals surface area contributed by atoms with Gasteiger partial charge in [-0.25, -0.2) is 0 Å². The highest BCUT2D eigenvalue weighted by Crippen LogP contribution is 2.44. The molecule has 1 aliphatic heterocycles. The second kappa shape index (κ2) is 6.77. The van der Waals surface area contributed by atoms with Gasteiger partial charge < -0.3 is 14.5 Å². The lowest BCUT2D eigenvalue weighted by Gasteiger charge is -2.37. The first-order valence-electron chi connectivity index (χ1n) is 10.4. The van der Waals surface area contributed by atoms with Crippen LogP contribution in [0.2, 0.25) is 0 Å². The Labute approximate surface area is 175 Å². The highest BCUT2D eigenvalue weighted by Gasteiger charge is 2.48. The zero-order valence-corrected chi connectivity index (χ0v) is 17.4. The Kier molecular flexibility index (Phi) is 4.29. The minimum absolute atomic E-state index is 0.0116. The molecule has 0 spiro atoms. The number of aliphatic hydroxyl groups is 1. The van der Waals surface area contributed by atoms with E-state index in [0.29, 0.717) is 24.2 Å². The van der Waals surface area contributed by atoms with E-state index in [1.165, 1.54) is 0 Å². The molecule has 1 aromatic heterocycles. The van der Waals surface area contributed by atoms with Gasteiger partial charge in [0.2, 0.25) is 11.7 Å². The van der Waals surface area contributed by atoms with Gasteiger partial charge in [-0.15, -0.1) is 0 Å². The fourth-order valence-corrected chi connectivity index (χ4v) is 4.69. The third-order valence-corrected chi connectivity index (χ3v) is 6.08. The number of fused-ring (bicyclic) bond motifs is 1. The van der Waals surface area contributed by atoms with E-state index in [1.54, 1.807) is 6.92 Å². The quantitative estimate of drug-likeness (QED) is 0.690. The molecule has 2 heterocycles. The van der Waals surface area contributed by atoms with Crippen LogP contribution in [0.15, 0.2) is 47.0 Å². The van der Waals surface area contributed by atoms with Crippen LogP contribution >= 0.6 is 0 Å². The molecule has 0 unspecified atom stereocenters. The van der Waals surface area contributed by atoms with Gasteiger partial charge in [-0.2, -0.15) is 4.98 Å². The predicted molar refractivity (Wildman–Crippen MR) is 113 cm³/mol. The molecule has 2 aliphatic rings. The van der Waals surface area contributed by atoms with Gasteiger partial charge >= 0.3 is 0 Å². The van der Waals surface area contributed by atoms with Gasteiger partial charge in [0.25, 0.3) is 5.91 Å². The molecule has 0 radical (unpaired) electrons. The average Bonchev–Trinajstić information content (AvgIpc) is 3.35. The Morgan fingerprint density at radius 1 is 1.13 bits per heavy atom. The summed E-state index contributed by atoms with van der Waals surface area (Å²) in [5.74, 6) is 1.47. The lowest BCUT2D eigenvalue weighted by atomic mass is 9.92. The highest BCUT2D eigenvalue weighted by molar-refractivity contribution is 6.04. The lowest BCUT2D eigenvalue weighted by molar-refractivity contribution is -0.0224. The zero-order valence-electron chi connectivity index (χ0n) is 17.4. The number of aryl methyl sites for hydroxylation is 1. The molecule has 1 saturated carbocycles. The van der Waals surface area contributed by atoms with E-state index in [4.69, 9.17) is 4.52 Å². The first-order valence-corrected chi connectivity index (χ1v) is 10.4. The van der Waals surface area contributed by atoms with Crippen LogP contribution in [0.4, 0.5) is 0 Å². The Balaban J connectivity index is 1.49. The van der Waals surface area contributed by atoms with Crippen molar-refractivity contribution < 1.29 is 14.4 Å². The molecule has 6 heteroatoms. The summed E-state index contributed by atoms with van der Waals surface area (Å²) in [6.07, 6.45) is 2.14. The second-order valence-electron chi connectivity index (χ2n) is 8.92. The van der Waals surface area contributed by atoms with Gasteiger partial charge in [0, 0.05) is 19.0 Å². The summed E-state index contributed by atoms with van der Waals surface area (Å²) >= 11 is 0. The topological polar surface area (TPSA) is 79.5 Å². The van der Waals surface area contributed by atoms with Gasteiger partial charge in [0.05, 0.1) is 17.2 Å². The molecule has 5 rings (SSSR count). The molecule has 0 saturated heterocycles. The van der Waals surface area contributed by atoms with Gasteiger partial charge in [-0.1, -0.05) is 47.6 Å². The fourth-order valence-electron chi connectivity index (χ4n) is 4.69. The van der Waals surface area contributed by atoms with Crippen LogP contribution in [0.3, 0.4) is 0 Å². The maximum Gasteiger partial charge on any atom is 0.255 e. The summed E-state index contributed by atoms with van der Waals surface area (Å²) in [5, 5.41) is 14.7. The van der Waals surface area contributed by atoms with Crippen molar-refractivity contribution in [2.24, 2.45) is 5.92 Å². The van der Waals surface area contributed by atoms with Crippen molar-refractivity contribution in [3.63, 3.8) is 0 Å². The summed E-state index contributed by atoms with van der Waals surface area (Å²) in [6.45, 7) is 5.93. The van der Waals surface area contributed by atoms with E-state index >= 15 is 0 Å². The molecule has 30 heavy (non-hydrogen) atoms. The number of rotatable bonds is 5. The maximum absolute atomic E-state index is 13.5. The highest BCUT2D eigenvalue weighted by atomic mass is 16.5. The minimum Gasteiger partial charge on any atom is -0.388 e. The summed E-state index contributed by atoms with van der Waals surface area (Å²) in [4.78, 5) is 19.6. The van der Waals surface area contributed by atoms with Gasteiger partial charge in [-0.3, -0.25) is 4.79 Å². The minimum atomic E-state index is -0.927. The van der Waals surface area contributed by atoms with Crippen molar-refractivity contribution in [1.29, 1.82) is 0 Å². The average molecular weight is 403 g/mol. The number of carbonyl (C=O) groups excluding carboxylic acids is 1. The fraction of sp³-hybridized carbons (Fsp3) is 0.375. The largest absolute Gasteiger partial charge is 0.388 e. The molecule has 1 aliphatic carbocycles. The summed E-state index contributed by atoms with van der Waals surface area (Å²) < 4.78 is 5.06. The molecule has 1 amide bonds. The van der Waals surface area contributed by atoms with Crippen LogP contribution in [0.5, 0.6) is 0 Å². The van der Waals surface area contributed by atoms with Crippen LogP contribution in [0, 0.1) is 12.8 Å². The predicted octanol–water partition coefficient (Wildman–Crippen LogP) is 4.22. The number of carbonyl (C=O) groups is 1. The van der Waals surface area contributed by atoms with Gasteiger partial charge in [0.15, 0.2) is 0 Å². The molecular formula is C24H25N3O3. The van der Waals surface area contributed by atoms with Crippen molar-refractivity contribution >= 4 is 5.91 Å². The monoisotopic (exact) mass is 403 g/mol. The summed E-state index contributed by atoms with van der Waals surface area (Å²) in [6, 6.07) is 13.7. The number of aromatic nitrogens is 2. The molecule has 154 valence electrons. The number of hydrogen-bond acceptors (Lipinski definition) is 5. The van der Waals surface area contributed by atoms with Gasteiger partial charge in [-0.05, 0) is 49.3 Å². The zero-order chi connectivity index (χ0) is 21.0. The number of benzene rings is 2. The molecule has 6 nitrogen and oxygen atoms in total. The van der Waals surface area contributed by atoms with E-state index in [1.807, 2.05) is 61.2 Å². The van der Waals surface area contributed by atoms with Crippen LogP contribution in [-0.4, -0.2) is 37.7 Å². The lowest BCUT2D eigenvalue weighted by Crippen LogP contribution is -2.51. The summed E-state index contributed by atoms with van der Waals surface area (Å²) in [5.41, 5.74) is 3.59. The number of nitrogens with zero attached hydrogens (tertiary/aromatic N) is 3. The van der Waals surface area contributed by atoms with Crippen molar-refractivity contribution in [2.45, 2.75) is 51.8 Å². The normalized spacial score (nSPS) is 17.3. The molecule has 1 atom stereocenters. The Morgan fingerprint density at radius 3 is 2.43 bits per heavy atom. The molecular weight excluding hydrogens is 378 g/mol. The van der Waals surface area contributed by atoms with Crippen LogP contribution in [0.1, 0.15) is 48.5 Å². The molecule has 1 N–H and O–H groups in total. The van der Waals surface area contributed by atoms with E-state index in [0.717, 1.165) is 40.7 Å². The van der Waals surface area contributed by atoms with E-state index in [-0.39, 0.29) is 11.9 Å². The van der Waals surface area contributed by atoms with Crippen molar-refractivity contribution in [1.82, 2.24) is 15.0 Å². The van der Waals surface area contributed by atoms with Crippen LogP contribution in [-0.2, 0) is 6.54 Å². The maximum atomic E-state index is 13.5. The third kappa shape index (κ3) is 3.21. The van der Waals surface area contributed by atoms with Crippen molar-refractivity contribution in [3.05, 3.63) is 59.5 Å². The molecule has 3 aromatic rings. The van der Waals surface area contributed by atoms with E-state index in [9.17, 15) is 9.90 Å². The Hall–Kier alpha value is -2.99. The Morgan fingerprint density at radius 2 is 1.83 bits per heavy atom. The standard InChI is InChI=1S/C24H25N3O3/c1-14-25-22(26-30-14)17-11-7-15(8-12-17)19-6-4-5-18-13-27(23(28)20(18)19)21(16-9-10-16)24(2,3)29/h4-8,11-12,16,21,29H,9-10,13H2,1-3H3/t21-/m1/s1. The number of amides is 1. The van der Waals surface area contributed by atoms with E-state index in [2.05, 4.69) is 10.1 Å². The molecule has 1 fully saturated rings. The first-order chi connectivity index (χ1) is 14.3. The van der Waals surface area contributed by atoms with E-state index < -0.39 is 5.60 Å². The molecule has 2 aromatic carbocycles. The Bertz CT molecular complexity index is 1110. The molecule has 0 bridgehead atoms. The summed E-state index contributed by atoms with van der Waals surface area (Å²) in [7, 11) is 0. The van der Waals surface area contributed by atoms with Crippen molar-refractivity contribution in [3.8, 4) is 22.5 Å². The SMILES string of the molecule is Cc1nc(-c2ccc(-c3cccc4c3C(=O)N([C@H](C3CC3)C(C)(C)O)C4)cc2)no1. The third-order valence-electron chi connectivity index (χ3n) is 6.08. The second-order valence-corrected chi connectivity index (χ2v) is 8.92. The first kappa shape index (κ1) is 19.0. The van der Waals surface area contributed by atoms with Crippen LogP contribution < -0.4 is 0 Å². The smallest absolute Gasteiger partial charge is 0.255 e.